The number of ether oxygens (including phenoxy) is 2. The van der Waals surface area contributed by atoms with Crippen molar-refractivity contribution in [2.45, 2.75) is 39.3 Å². The summed E-state index contributed by atoms with van der Waals surface area (Å²) in [7, 11) is 1.67. The molecule has 1 fully saturated rings. The molecule has 1 heterocycles. The molecule has 1 aromatic carbocycles. The predicted molar refractivity (Wildman–Crippen MR) is 83.9 cm³/mol. The molecule has 0 radical (unpaired) electrons. The zero-order chi connectivity index (χ0) is 15.6. The highest BCUT2D eigenvalue weighted by Crippen LogP contribution is 2.38. The second-order valence-electron chi connectivity index (χ2n) is 6.29. The van der Waals surface area contributed by atoms with Gasteiger partial charge in [0.1, 0.15) is 11.9 Å². The van der Waals surface area contributed by atoms with E-state index in [0.29, 0.717) is 0 Å². The lowest BCUT2D eigenvalue weighted by atomic mass is 9.87. The molecule has 1 atom stereocenters. The van der Waals surface area contributed by atoms with E-state index in [1.54, 1.807) is 7.11 Å². The van der Waals surface area contributed by atoms with Gasteiger partial charge in [-0.15, -0.1) is 0 Å². The van der Waals surface area contributed by atoms with Crippen LogP contribution in [0.4, 0.5) is 0 Å². The average Bonchev–Trinajstić information content (AvgIpc) is 2.50. The van der Waals surface area contributed by atoms with E-state index >= 15 is 0 Å². The Bertz CT molecular complexity index is 493. The van der Waals surface area contributed by atoms with E-state index < -0.39 is 6.10 Å². The molecule has 0 spiro atoms. The van der Waals surface area contributed by atoms with Crippen molar-refractivity contribution in [2.24, 2.45) is 0 Å². The van der Waals surface area contributed by atoms with Gasteiger partial charge in [-0.3, -0.25) is 4.90 Å². The second kappa shape index (κ2) is 6.34. The van der Waals surface area contributed by atoms with Gasteiger partial charge in [0.25, 0.3) is 0 Å². The molecular weight excluding hydrogens is 266 g/mol. The summed E-state index contributed by atoms with van der Waals surface area (Å²) in [6.07, 6.45) is -0.607. The summed E-state index contributed by atoms with van der Waals surface area (Å²) in [5.41, 5.74) is 2.76. The molecule has 1 unspecified atom stereocenters. The minimum absolute atomic E-state index is 0.362. The molecule has 0 amide bonds. The Hall–Kier alpha value is -1.10. The number of aliphatic hydroxyl groups excluding tert-OH is 1. The standard InChI is InChI=1S/C17H27NO3/c1-12-6-7-14(15(20-5)13(12)2)16(19)17(3,4)18-8-10-21-11-9-18/h6-7,16,19H,8-11H2,1-5H3. The predicted octanol–water partition coefficient (Wildman–Crippen LogP) is 2.46. The number of nitrogens with zero attached hydrogens (tertiary/aromatic N) is 1. The topological polar surface area (TPSA) is 41.9 Å². The highest BCUT2D eigenvalue weighted by atomic mass is 16.5. The average molecular weight is 293 g/mol. The molecule has 4 heteroatoms. The Morgan fingerprint density at radius 3 is 2.43 bits per heavy atom. The number of aryl methyl sites for hydroxylation is 1. The fraction of sp³-hybridized carbons (Fsp3) is 0.647. The molecule has 118 valence electrons. The van der Waals surface area contributed by atoms with Crippen molar-refractivity contribution in [3.05, 3.63) is 28.8 Å². The monoisotopic (exact) mass is 293 g/mol. The molecular formula is C17H27NO3. The highest BCUT2D eigenvalue weighted by molar-refractivity contribution is 5.47. The Morgan fingerprint density at radius 2 is 1.86 bits per heavy atom. The summed E-state index contributed by atoms with van der Waals surface area (Å²) in [6, 6.07) is 4.03. The van der Waals surface area contributed by atoms with Crippen LogP contribution >= 0.6 is 0 Å². The summed E-state index contributed by atoms with van der Waals surface area (Å²) < 4.78 is 11.0. The van der Waals surface area contributed by atoms with Gasteiger partial charge in [-0.05, 0) is 38.8 Å². The van der Waals surface area contributed by atoms with Crippen LogP contribution in [0.3, 0.4) is 0 Å². The van der Waals surface area contributed by atoms with E-state index in [9.17, 15) is 5.11 Å². The quantitative estimate of drug-likeness (QED) is 0.926. The lowest BCUT2D eigenvalue weighted by Crippen LogP contribution is -2.53. The fourth-order valence-electron chi connectivity index (χ4n) is 2.99. The van der Waals surface area contributed by atoms with Gasteiger partial charge >= 0.3 is 0 Å². The number of hydrogen-bond acceptors (Lipinski definition) is 4. The van der Waals surface area contributed by atoms with Crippen LogP contribution in [-0.2, 0) is 4.74 Å². The SMILES string of the molecule is COc1c(C(O)C(C)(C)N2CCOCC2)ccc(C)c1C. The van der Waals surface area contributed by atoms with E-state index in [1.807, 2.05) is 19.1 Å². The first kappa shape index (κ1) is 16.3. The summed E-state index contributed by atoms with van der Waals surface area (Å²) in [5.74, 6) is 0.795. The summed E-state index contributed by atoms with van der Waals surface area (Å²) in [4.78, 5) is 2.29. The van der Waals surface area contributed by atoms with Crippen LogP contribution in [0.1, 0.15) is 36.6 Å². The van der Waals surface area contributed by atoms with Crippen molar-refractivity contribution in [1.82, 2.24) is 4.90 Å². The minimum atomic E-state index is -0.607. The third-order valence-electron chi connectivity index (χ3n) is 4.70. The first-order chi connectivity index (χ1) is 9.89. The zero-order valence-corrected chi connectivity index (χ0v) is 13.8. The second-order valence-corrected chi connectivity index (χ2v) is 6.29. The number of methoxy groups -OCH3 is 1. The smallest absolute Gasteiger partial charge is 0.127 e. The summed E-state index contributed by atoms with van der Waals surface area (Å²) >= 11 is 0. The van der Waals surface area contributed by atoms with Gasteiger partial charge in [0, 0.05) is 24.2 Å². The van der Waals surface area contributed by atoms with E-state index in [2.05, 4.69) is 25.7 Å². The molecule has 1 aliphatic heterocycles. The van der Waals surface area contributed by atoms with E-state index in [0.717, 1.165) is 43.2 Å². The van der Waals surface area contributed by atoms with Gasteiger partial charge < -0.3 is 14.6 Å². The Kier molecular flexibility index (Phi) is 4.91. The fourth-order valence-corrected chi connectivity index (χ4v) is 2.99. The number of hydrogen-bond donors (Lipinski definition) is 1. The van der Waals surface area contributed by atoms with Crippen LogP contribution in [0.25, 0.3) is 0 Å². The third-order valence-corrected chi connectivity index (χ3v) is 4.70. The molecule has 1 aromatic rings. The molecule has 2 rings (SSSR count). The molecule has 1 aliphatic rings. The first-order valence-electron chi connectivity index (χ1n) is 7.54. The Morgan fingerprint density at radius 1 is 1.24 bits per heavy atom. The molecule has 0 aromatic heterocycles. The molecule has 4 nitrogen and oxygen atoms in total. The molecule has 0 aliphatic carbocycles. The van der Waals surface area contributed by atoms with Crippen molar-refractivity contribution in [3.8, 4) is 5.75 Å². The number of rotatable bonds is 4. The van der Waals surface area contributed by atoms with Crippen LogP contribution in [-0.4, -0.2) is 49.0 Å². The summed E-state index contributed by atoms with van der Waals surface area (Å²) in [5, 5.41) is 11.0. The summed E-state index contributed by atoms with van der Waals surface area (Å²) in [6.45, 7) is 11.4. The van der Waals surface area contributed by atoms with Crippen LogP contribution in [0.2, 0.25) is 0 Å². The number of morpholine rings is 1. The largest absolute Gasteiger partial charge is 0.496 e. The van der Waals surface area contributed by atoms with Crippen LogP contribution in [0.15, 0.2) is 12.1 Å². The number of aliphatic hydroxyl groups is 1. The van der Waals surface area contributed by atoms with E-state index in [4.69, 9.17) is 9.47 Å². The maximum Gasteiger partial charge on any atom is 0.127 e. The third kappa shape index (κ3) is 3.07. The Balaban J connectivity index is 2.34. The van der Waals surface area contributed by atoms with Crippen LogP contribution in [0, 0.1) is 13.8 Å². The van der Waals surface area contributed by atoms with Crippen LogP contribution in [0.5, 0.6) is 5.75 Å². The maximum absolute atomic E-state index is 11.0. The zero-order valence-electron chi connectivity index (χ0n) is 13.8. The molecule has 1 saturated heterocycles. The van der Waals surface area contributed by atoms with E-state index in [-0.39, 0.29) is 5.54 Å². The number of benzene rings is 1. The van der Waals surface area contributed by atoms with Gasteiger partial charge in [0.2, 0.25) is 0 Å². The maximum atomic E-state index is 11.0. The molecule has 1 N–H and O–H groups in total. The van der Waals surface area contributed by atoms with Crippen molar-refractivity contribution in [1.29, 1.82) is 0 Å². The van der Waals surface area contributed by atoms with Crippen molar-refractivity contribution >= 4 is 0 Å². The molecule has 0 bridgehead atoms. The first-order valence-corrected chi connectivity index (χ1v) is 7.54. The Labute approximate surface area is 127 Å². The van der Waals surface area contributed by atoms with Crippen molar-refractivity contribution in [2.75, 3.05) is 33.4 Å². The van der Waals surface area contributed by atoms with Gasteiger partial charge in [-0.1, -0.05) is 12.1 Å². The highest BCUT2D eigenvalue weighted by Gasteiger charge is 2.37. The van der Waals surface area contributed by atoms with Gasteiger partial charge in [-0.2, -0.15) is 0 Å². The van der Waals surface area contributed by atoms with Crippen LogP contribution < -0.4 is 4.74 Å². The van der Waals surface area contributed by atoms with Crippen molar-refractivity contribution < 1.29 is 14.6 Å². The normalized spacial score (nSPS) is 18.6. The van der Waals surface area contributed by atoms with E-state index in [1.165, 1.54) is 5.56 Å². The lowest BCUT2D eigenvalue weighted by Gasteiger charge is -2.44. The lowest BCUT2D eigenvalue weighted by molar-refractivity contribution is -0.0635. The van der Waals surface area contributed by atoms with Crippen molar-refractivity contribution in [3.63, 3.8) is 0 Å². The molecule has 21 heavy (non-hydrogen) atoms. The van der Waals surface area contributed by atoms with Gasteiger partial charge in [0.15, 0.2) is 0 Å². The van der Waals surface area contributed by atoms with Gasteiger partial charge in [-0.25, -0.2) is 0 Å². The minimum Gasteiger partial charge on any atom is -0.496 e. The van der Waals surface area contributed by atoms with Gasteiger partial charge in [0.05, 0.1) is 20.3 Å². The molecule has 0 saturated carbocycles.